The molecule has 0 spiro atoms. The minimum Gasteiger partial charge on any atom is -0.369 e. The maximum atomic E-state index is 6.04. The predicted molar refractivity (Wildman–Crippen MR) is 111 cm³/mol. The van der Waals surface area contributed by atoms with Crippen molar-refractivity contribution in [1.29, 1.82) is 0 Å². The smallest absolute Gasteiger partial charge is 0.227 e. The van der Waals surface area contributed by atoms with Crippen LogP contribution in [0.1, 0.15) is 13.8 Å². The maximum absolute atomic E-state index is 6.04. The van der Waals surface area contributed by atoms with Gasteiger partial charge < -0.3 is 16.4 Å². The van der Waals surface area contributed by atoms with Crippen LogP contribution >= 0.6 is 11.6 Å². The number of nitrogens with zero attached hydrogens (tertiary/aromatic N) is 3. The molecule has 0 atom stereocenters. The Morgan fingerprint density at radius 1 is 1.07 bits per heavy atom. The number of hydrogen-bond acceptors (Lipinski definition) is 6. The Bertz CT molecular complexity index is 912. The zero-order chi connectivity index (χ0) is 19.3. The lowest BCUT2D eigenvalue weighted by molar-refractivity contribution is 0.405. The van der Waals surface area contributed by atoms with Gasteiger partial charge in [-0.15, -0.1) is 0 Å². The molecule has 1 aromatic carbocycles. The molecular formula is C20H23ClN6. The van der Waals surface area contributed by atoms with Crippen molar-refractivity contribution in [3.05, 3.63) is 59.9 Å². The molecular weight excluding hydrogens is 360 g/mol. The van der Waals surface area contributed by atoms with Crippen LogP contribution in [-0.4, -0.2) is 28.0 Å². The molecule has 0 saturated carbocycles. The van der Waals surface area contributed by atoms with Gasteiger partial charge in [0.2, 0.25) is 5.95 Å². The monoisotopic (exact) mass is 382 g/mol. The zero-order valence-electron chi connectivity index (χ0n) is 15.4. The Morgan fingerprint density at radius 3 is 2.70 bits per heavy atom. The van der Waals surface area contributed by atoms with Gasteiger partial charge >= 0.3 is 0 Å². The summed E-state index contributed by atoms with van der Waals surface area (Å²) in [5.41, 5.74) is 8.30. The molecule has 27 heavy (non-hydrogen) atoms. The molecule has 0 bridgehead atoms. The van der Waals surface area contributed by atoms with E-state index in [2.05, 4.69) is 39.4 Å². The van der Waals surface area contributed by atoms with Crippen molar-refractivity contribution in [3.8, 4) is 11.3 Å². The molecule has 0 aliphatic rings. The van der Waals surface area contributed by atoms with Crippen molar-refractivity contribution in [3.63, 3.8) is 0 Å². The molecule has 0 fully saturated rings. The molecule has 4 N–H and O–H groups in total. The van der Waals surface area contributed by atoms with Crippen LogP contribution in [0.3, 0.4) is 0 Å². The minimum absolute atomic E-state index is 0.0280. The SMILES string of the molecule is CC(C)(CN)CNc1ncccc1-c1ccnc(Nc2cccc(Cl)c2)n1. The first kappa shape index (κ1) is 19.1. The van der Waals surface area contributed by atoms with E-state index in [-0.39, 0.29) is 5.41 Å². The molecule has 2 aromatic heterocycles. The van der Waals surface area contributed by atoms with E-state index < -0.39 is 0 Å². The number of hydrogen-bond donors (Lipinski definition) is 3. The number of nitrogens with two attached hydrogens (primary N) is 1. The fourth-order valence-corrected chi connectivity index (χ4v) is 2.60. The normalized spacial score (nSPS) is 11.3. The fraction of sp³-hybridized carbons (Fsp3) is 0.250. The summed E-state index contributed by atoms with van der Waals surface area (Å²) in [6, 6.07) is 13.2. The average molecular weight is 383 g/mol. The first-order valence-corrected chi connectivity index (χ1v) is 9.10. The summed E-state index contributed by atoms with van der Waals surface area (Å²) in [4.78, 5) is 13.4. The van der Waals surface area contributed by atoms with Gasteiger partial charge in [-0.1, -0.05) is 31.5 Å². The second kappa shape index (κ2) is 8.33. The van der Waals surface area contributed by atoms with Gasteiger partial charge in [-0.2, -0.15) is 0 Å². The van der Waals surface area contributed by atoms with Crippen molar-refractivity contribution < 1.29 is 0 Å². The summed E-state index contributed by atoms with van der Waals surface area (Å²) in [6.07, 6.45) is 3.48. The standard InChI is InChI=1S/C20H23ClN6/c1-20(2,12-22)13-25-18-16(7-4-9-23-18)17-8-10-24-19(27-17)26-15-6-3-5-14(21)11-15/h3-11H,12-13,22H2,1-2H3,(H,23,25)(H,24,26,27). The van der Waals surface area contributed by atoms with Gasteiger partial charge in [0.15, 0.2) is 0 Å². The van der Waals surface area contributed by atoms with E-state index in [1.165, 1.54) is 0 Å². The van der Waals surface area contributed by atoms with Crippen molar-refractivity contribution in [2.75, 3.05) is 23.7 Å². The van der Waals surface area contributed by atoms with Crippen LogP contribution in [0.5, 0.6) is 0 Å². The highest BCUT2D eigenvalue weighted by Gasteiger charge is 2.17. The predicted octanol–water partition coefficient (Wildman–Crippen LogP) is 4.33. The highest BCUT2D eigenvalue weighted by Crippen LogP contribution is 2.26. The summed E-state index contributed by atoms with van der Waals surface area (Å²) < 4.78 is 0. The Kier molecular flexibility index (Phi) is 5.88. The number of pyridine rings is 1. The summed E-state index contributed by atoms with van der Waals surface area (Å²) in [5.74, 6) is 1.26. The van der Waals surface area contributed by atoms with E-state index in [1.54, 1.807) is 12.4 Å². The summed E-state index contributed by atoms with van der Waals surface area (Å²) in [7, 11) is 0. The quantitative estimate of drug-likeness (QED) is 0.563. The van der Waals surface area contributed by atoms with Crippen molar-refractivity contribution in [2.45, 2.75) is 13.8 Å². The Hall–Kier alpha value is -2.70. The molecule has 0 radical (unpaired) electrons. The minimum atomic E-state index is -0.0280. The van der Waals surface area contributed by atoms with E-state index >= 15 is 0 Å². The summed E-state index contributed by atoms with van der Waals surface area (Å²) >= 11 is 6.04. The van der Waals surface area contributed by atoms with E-state index in [0.717, 1.165) is 22.8 Å². The molecule has 0 aliphatic heterocycles. The van der Waals surface area contributed by atoms with Crippen molar-refractivity contribution in [1.82, 2.24) is 15.0 Å². The third-order valence-corrected chi connectivity index (χ3v) is 4.34. The van der Waals surface area contributed by atoms with Gasteiger partial charge in [-0.3, -0.25) is 0 Å². The van der Waals surface area contributed by atoms with E-state index in [9.17, 15) is 0 Å². The van der Waals surface area contributed by atoms with Gasteiger partial charge in [-0.05, 0) is 48.4 Å². The van der Waals surface area contributed by atoms with E-state index in [1.807, 2.05) is 42.5 Å². The van der Waals surface area contributed by atoms with Gasteiger partial charge in [-0.25, -0.2) is 15.0 Å². The van der Waals surface area contributed by atoms with Gasteiger partial charge in [0.05, 0.1) is 5.69 Å². The Labute approximate surface area is 164 Å². The number of aromatic nitrogens is 3. The van der Waals surface area contributed by atoms with Crippen LogP contribution < -0.4 is 16.4 Å². The molecule has 0 aliphatic carbocycles. The van der Waals surface area contributed by atoms with Crippen LogP contribution in [0.4, 0.5) is 17.5 Å². The summed E-state index contributed by atoms with van der Waals surface area (Å²) in [5, 5.41) is 7.22. The van der Waals surface area contributed by atoms with Crippen LogP contribution in [0.15, 0.2) is 54.9 Å². The van der Waals surface area contributed by atoms with Crippen LogP contribution in [-0.2, 0) is 0 Å². The topological polar surface area (TPSA) is 88.8 Å². The van der Waals surface area contributed by atoms with Gasteiger partial charge in [0.1, 0.15) is 5.82 Å². The molecule has 0 unspecified atom stereocenters. The first-order valence-electron chi connectivity index (χ1n) is 8.72. The Balaban J connectivity index is 1.84. The van der Waals surface area contributed by atoms with Gasteiger partial charge in [0, 0.05) is 35.2 Å². The molecule has 3 rings (SSSR count). The number of nitrogens with one attached hydrogen (secondary N) is 2. The summed E-state index contributed by atoms with van der Waals surface area (Å²) in [6.45, 7) is 5.52. The molecule has 6 nitrogen and oxygen atoms in total. The number of benzene rings is 1. The van der Waals surface area contributed by atoms with E-state index in [0.29, 0.717) is 24.1 Å². The van der Waals surface area contributed by atoms with Crippen molar-refractivity contribution >= 4 is 29.1 Å². The molecule has 3 aromatic rings. The largest absolute Gasteiger partial charge is 0.369 e. The first-order chi connectivity index (χ1) is 13.0. The molecule has 140 valence electrons. The number of halogens is 1. The molecule has 2 heterocycles. The number of anilines is 3. The zero-order valence-corrected chi connectivity index (χ0v) is 16.2. The molecule has 7 heteroatoms. The van der Waals surface area contributed by atoms with Crippen molar-refractivity contribution in [2.24, 2.45) is 11.1 Å². The second-order valence-electron chi connectivity index (χ2n) is 7.02. The maximum Gasteiger partial charge on any atom is 0.227 e. The molecule has 0 saturated heterocycles. The lowest BCUT2D eigenvalue weighted by Gasteiger charge is -2.23. The third-order valence-electron chi connectivity index (χ3n) is 4.11. The van der Waals surface area contributed by atoms with Crippen LogP contribution in [0.2, 0.25) is 5.02 Å². The Morgan fingerprint density at radius 2 is 1.93 bits per heavy atom. The van der Waals surface area contributed by atoms with Crippen LogP contribution in [0.25, 0.3) is 11.3 Å². The lowest BCUT2D eigenvalue weighted by atomic mass is 9.94. The fourth-order valence-electron chi connectivity index (χ4n) is 2.41. The number of rotatable bonds is 7. The lowest BCUT2D eigenvalue weighted by Crippen LogP contribution is -2.31. The highest BCUT2D eigenvalue weighted by molar-refractivity contribution is 6.30. The highest BCUT2D eigenvalue weighted by atomic mass is 35.5. The van der Waals surface area contributed by atoms with Gasteiger partial charge in [0.25, 0.3) is 0 Å². The van der Waals surface area contributed by atoms with Crippen LogP contribution in [0, 0.1) is 5.41 Å². The molecule has 0 amide bonds. The van der Waals surface area contributed by atoms with E-state index in [4.69, 9.17) is 17.3 Å². The third kappa shape index (κ3) is 5.15. The average Bonchev–Trinajstić information content (AvgIpc) is 2.67. The second-order valence-corrected chi connectivity index (χ2v) is 7.46.